The molecule has 338 valence electrons. The standard InChI is InChI=1S/C42H67N11O7S/c1-23(2)19-29(21-33(56)30(12-9-17-48-41(44)45)50-37(58)27(20-25(5)54)11-7-8-16-43)39(60)51-32(13-10-18-49-42(46)47)36(57)40-52-31-15-14-28(22-34(31)61-40)38(59)53-35(24(3)4)26(6)55/h14-15,22-24,27,29-30,32,35H,7-13,16-21,43H2,1-6H3,(H,50,58)(H,51,60)(H,53,59)(H4,44,45,48)(H4,46,47,49)/t27-,29-,30+,32+,35+/m1/s1. The molecule has 0 saturated heterocycles. The quantitative estimate of drug-likeness (QED) is 0.0252. The van der Waals surface area contributed by atoms with Gasteiger partial charge in [-0.2, -0.15) is 0 Å². The first-order valence-electron chi connectivity index (χ1n) is 20.9. The van der Waals surface area contributed by atoms with E-state index >= 15 is 0 Å². The molecule has 0 unspecified atom stereocenters. The fourth-order valence-corrected chi connectivity index (χ4v) is 7.90. The molecule has 13 N–H and O–H groups in total. The number of aromatic nitrogens is 1. The van der Waals surface area contributed by atoms with Crippen LogP contribution in [0.25, 0.3) is 10.2 Å². The smallest absolute Gasteiger partial charge is 0.251 e. The van der Waals surface area contributed by atoms with Gasteiger partial charge in [-0.15, -0.1) is 11.3 Å². The Morgan fingerprint density at radius 1 is 0.738 bits per heavy atom. The second-order valence-corrected chi connectivity index (χ2v) is 17.3. The molecule has 0 aliphatic carbocycles. The first-order valence-corrected chi connectivity index (χ1v) is 21.7. The molecular formula is C42H67N11O7S. The van der Waals surface area contributed by atoms with Crippen molar-refractivity contribution in [3.63, 3.8) is 0 Å². The van der Waals surface area contributed by atoms with Crippen LogP contribution in [0.3, 0.4) is 0 Å². The van der Waals surface area contributed by atoms with Crippen LogP contribution >= 0.6 is 11.3 Å². The minimum Gasteiger partial charge on any atom is -0.370 e. The predicted molar refractivity (Wildman–Crippen MR) is 239 cm³/mol. The zero-order valence-electron chi connectivity index (χ0n) is 36.5. The normalized spacial score (nSPS) is 13.7. The number of unbranched alkanes of at least 4 members (excludes halogenated alkanes) is 1. The molecule has 18 nitrogen and oxygen atoms in total. The van der Waals surface area contributed by atoms with Crippen molar-refractivity contribution in [2.45, 2.75) is 124 Å². The first-order chi connectivity index (χ1) is 28.7. The molecule has 0 saturated carbocycles. The van der Waals surface area contributed by atoms with E-state index in [4.69, 9.17) is 28.7 Å². The van der Waals surface area contributed by atoms with Crippen molar-refractivity contribution in [1.29, 1.82) is 0 Å². The summed E-state index contributed by atoms with van der Waals surface area (Å²) in [4.78, 5) is 106. The van der Waals surface area contributed by atoms with Gasteiger partial charge in [0.15, 0.2) is 28.5 Å². The number of fused-ring (bicyclic) bond motifs is 1. The Hall–Kier alpha value is -5.30. The molecule has 0 fully saturated rings. The summed E-state index contributed by atoms with van der Waals surface area (Å²) < 4.78 is 0.548. The minimum absolute atomic E-state index is 0.00723. The molecule has 1 heterocycles. The van der Waals surface area contributed by atoms with Gasteiger partial charge in [-0.05, 0) is 95.4 Å². The highest BCUT2D eigenvalue weighted by Crippen LogP contribution is 2.26. The maximum absolute atomic E-state index is 14.2. The van der Waals surface area contributed by atoms with Gasteiger partial charge in [-0.1, -0.05) is 34.1 Å². The Kier molecular flexibility index (Phi) is 22.2. The molecule has 2 aromatic rings. The number of benzene rings is 1. The van der Waals surface area contributed by atoms with Gasteiger partial charge in [0.25, 0.3) is 5.91 Å². The molecule has 0 bridgehead atoms. The van der Waals surface area contributed by atoms with Gasteiger partial charge < -0.3 is 49.4 Å². The summed E-state index contributed by atoms with van der Waals surface area (Å²) in [6, 6.07) is 2.03. The Labute approximate surface area is 362 Å². The summed E-state index contributed by atoms with van der Waals surface area (Å²) in [6.07, 6.45) is 2.75. The Balaban J connectivity index is 2.42. The number of ketones is 4. The summed E-state index contributed by atoms with van der Waals surface area (Å²) in [5.74, 6) is -4.55. The number of aliphatic imine (C=N–C) groups is 2. The molecule has 1 aromatic heterocycles. The fraction of sp³-hybridized carbons (Fsp3) is 0.619. The predicted octanol–water partition coefficient (Wildman–Crippen LogP) is 2.25. The van der Waals surface area contributed by atoms with Gasteiger partial charge in [0.1, 0.15) is 5.78 Å². The number of Topliss-reactive ketones (excluding diaryl/α,β-unsaturated/α-hetero) is 4. The lowest BCUT2D eigenvalue weighted by Gasteiger charge is -2.25. The lowest BCUT2D eigenvalue weighted by atomic mass is 9.88. The number of hydrogen-bond acceptors (Lipinski definition) is 12. The zero-order valence-corrected chi connectivity index (χ0v) is 37.3. The van der Waals surface area contributed by atoms with Gasteiger partial charge in [-0.25, -0.2) is 4.98 Å². The summed E-state index contributed by atoms with van der Waals surface area (Å²) in [7, 11) is 0. The number of amides is 3. The fourth-order valence-electron chi connectivity index (χ4n) is 6.90. The number of guanidine groups is 2. The van der Waals surface area contributed by atoms with E-state index in [9.17, 15) is 33.6 Å². The molecule has 3 amide bonds. The highest BCUT2D eigenvalue weighted by molar-refractivity contribution is 7.20. The highest BCUT2D eigenvalue weighted by Gasteiger charge is 2.33. The molecule has 0 aliphatic heterocycles. The second-order valence-electron chi connectivity index (χ2n) is 16.3. The van der Waals surface area contributed by atoms with E-state index in [1.807, 2.05) is 27.7 Å². The van der Waals surface area contributed by atoms with Crippen molar-refractivity contribution in [2.24, 2.45) is 62.3 Å². The SMILES string of the molecule is CC(=O)C[C@@H](CCCCN)C(=O)N[C@@H](CCCN=C(N)N)C(=O)C[C@@H](CC(C)C)C(=O)N[C@@H](CCCN=C(N)N)C(=O)c1nc2ccc(C(=O)N[C@H](C(C)=O)C(C)C)cc2s1. The van der Waals surface area contributed by atoms with Crippen molar-refractivity contribution < 1.29 is 33.6 Å². The van der Waals surface area contributed by atoms with Crippen molar-refractivity contribution in [3.8, 4) is 0 Å². The Bertz CT molecular complexity index is 1890. The topological polar surface area (TPSA) is 323 Å². The van der Waals surface area contributed by atoms with Crippen LogP contribution in [0, 0.1) is 23.7 Å². The third-order valence-corrected chi connectivity index (χ3v) is 11.0. The van der Waals surface area contributed by atoms with Crippen LogP contribution in [0.4, 0.5) is 0 Å². The minimum atomic E-state index is -1.08. The van der Waals surface area contributed by atoms with E-state index in [0.717, 1.165) is 11.3 Å². The van der Waals surface area contributed by atoms with E-state index < -0.39 is 59.2 Å². The van der Waals surface area contributed by atoms with E-state index in [-0.39, 0.29) is 84.7 Å². The number of rotatable bonds is 29. The maximum atomic E-state index is 14.2. The summed E-state index contributed by atoms with van der Waals surface area (Å²) >= 11 is 1.06. The third-order valence-electron chi connectivity index (χ3n) is 9.97. The maximum Gasteiger partial charge on any atom is 0.251 e. The molecule has 0 spiro atoms. The lowest BCUT2D eigenvalue weighted by molar-refractivity contribution is -0.134. The number of nitrogens with zero attached hydrogens (tertiary/aromatic N) is 3. The van der Waals surface area contributed by atoms with Crippen LogP contribution in [0.5, 0.6) is 0 Å². The van der Waals surface area contributed by atoms with E-state index in [1.54, 1.807) is 18.2 Å². The molecule has 0 aliphatic rings. The van der Waals surface area contributed by atoms with Gasteiger partial charge in [-0.3, -0.25) is 38.8 Å². The summed E-state index contributed by atoms with van der Waals surface area (Å²) in [5.41, 5.74) is 28.4. The average molecular weight is 870 g/mol. The number of nitrogens with two attached hydrogens (primary N) is 5. The largest absolute Gasteiger partial charge is 0.370 e. The van der Waals surface area contributed by atoms with Crippen molar-refractivity contribution >= 4 is 74.3 Å². The first kappa shape index (κ1) is 51.8. The highest BCUT2D eigenvalue weighted by atomic mass is 32.1. The number of thiazole rings is 1. The Morgan fingerprint density at radius 3 is 1.87 bits per heavy atom. The van der Waals surface area contributed by atoms with Gasteiger partial charge in [0, 0.05) is 43.3 Å². The van der Waals surface area contributed by atoms with Crippen LogP contribution < -0.4 is 44.6 Å². The van der Waals surface area contributed by atoms with Crippen LogP contribution in [0.2, 0.25) is 0 Å². The van der Waals surface area contributed by atoms with Crippen molar-refractivity contribution in [2.75, 3.05) is 19.6 Å². The third kappa shape index (κ3) is 18.5. The molecule has 1 aromatic carbocycles. The number of carbonyl (C=O) groups is 7. The van der Waals surface area contributed by atoms with E-state index in [1.165, 1.54) is 13.8 Å². The van der Waals surface area contributed by atoms with Gasteiger partial charge in [0.05, 0.1) is 28.3 Å². The molecule has 61 heavy (non-hydrogen) atoms. The lowest BCUT2D eigenvalue weighted by Crippen LogP contribution is -2.47. The van der Waals surface area contributed by atoms with Crippen LogP contribution in [0.15, 0.2) is 28.2 Å². The number of nitrogens with one attached hydrogen (secondary N) is 3. The summed E-state index contributed by atoms with van der Waals surface area (Å²) in [5, 5.41) is 8.60. The molecule has 2 rings (SSSR count). The molecule has 19 heteroatoms. The number of hydrogen-bond donors (Lipinski definition) is 8. The van der Waals surface area contributed by atoms with Gasteiger partial charge >= 0.3 is 0 Å². The van der Waals surface area contributed by atoms with Crippen LogP contribution in [-0.4, -0.2) is 95.5 Å². The number of carbonyl (C=O) groups excluding carboxylic acids is 7. The zero-order chi connectivity index (χ0) is 45.8. The van der Waals surface area contributed by atoms with E-state index in [0.29, 0.717) is 55.3 Å². The monoisotopic (exact) mass is 869 g/mol. The molecule has 5 atom stereocenters. The Morgan fingerprint density at radius 2 is 1.33 bits per heavy atom. The van der Waals surface area contributed by atoms with Crippen LogP contribution in [0.1, 0.15) is 126 Å². The van der Waals surface area contributed by atoms with Crippen molar-refractivity contribution in [1.82, 2.24) is 20.9 Å². The average Bonchev–Trinajstić information content (AvgIpc) is 3.61. The molecular weight excluding hydrogens is 803 g/mol. The van der Waals surface area contributed by atoms with Gasteiger partial charge in [0.2, 0.25) is 17.6 Å². The second kappa shape index (κ2) is 26.1. The van der Waals surface area contributed by atoms with E-state index in [2.05, 4.69) is 30.9 Å². The molecule has 0 radical (unpaired) electrons. The van der Waals surface area contributed by atoms with Crippen LogP contribution in [-0.2, 0) is 24.0 Å². The van der Waals surface area contributed by atoms with Crippen molar-refractivity contribution in [3.05, 3.63) is 28.8 Å². The summed E-state index contributed by atoms with van der Waals surface area (Å²) in [6.45, 7) is 11.1.